The number of hydrogen-bond donors (Lipinski definition) is 3. The molecule has 0 radical (unpaired) electrons. The lowest BCUT2D eigenvalue weighted by Gasteiger charge is -2.37. The van der Waals surface area contributed by atoms with Crippen LogP contribution in [-0.2, 0) is 45.2 Å². The molecule has 0 saturated heterocycles. The molecule has 4 aromatic carbocycles. The summed E-state index contributed by atoms with van der Waals surface area (Å²) in [7, 11) is 1.55. The van der Waals surface area contributed by atoms with E-state index in [4.69, 9.17) is 9.47 Å². The van der Waals surface area contributed by atoms with Crippen LogP contribution < -0.4 is 16.0 Å². The van der Waals surface area contributed by atoms with Gasteiger partial charge in [-0.05, 0) is 40.5 Å². The van der Waals surface area contributed by atoms with E-state index in [1.54, 1.807) is 25.3 Å². The van der Waals surface area contributed by atoms with Crippen LogP contribution in [0.5, 0.6) is 0 Å². The van der Waals surface area contributed by atoms with E-state index in [9.17, 15) is 14.0 Å². The molecule has 0 saturated carbocycles. The minimum absolute atomic E-state index is 0.141. The molecule has 1 atom stereocenters. The average Bonchev–Trinajstić information content (AvgIpc) is 3.07. The first-order valence-electron chi connectivity index (χ1n) is 14.3. The van der Waals surface area contributed by atoms with Gasteiger partial charge < -0.3 is 25.4 Å². The number of carbonyl (C=O) groups excluding carboxylic acids is 2. The van der Waals surface area contributed by atoms with Gasteiger partial charge in [0.15, 0.2) is 5.76 Å². The number of nitrogens with one attached hydrogen (secondary N) is 3. The Labute approximate surface area is 256 Å². The van der Waals surface area contributed by atoms with E-state index in [0.717, 1.165) is 16.7 Å². The molecular formula is C36H34FN3O4. The fourth-order valence-electron chi connectivity index (χ4n) is 4.92. The van der Waals surface area contributed by atoms with Crippen LogP contribution in [0.1, 0.15) is 22.3 Å². The molecule has 5 rings (SSSR count). The van der Waals surface area contributed by atoms with Gasteiger partial charge in [0.25, 0.3) is 5.91 Å². The number of amides is 2. The summed E-state index contributed by atoms with van der Waals surface area (Å²) < 4.78 is 26.1. The second kappa shape index (κ2) is 14.2. The van der Waals surface area contributed by atoms with Crippen LogP contribution in [-0.4, -0.2) is 24.4 Å². The van der Waals surface area contributed by atoms with Gasteiger partial charge >= 0.3 is 0 Å². The van der Waals surface area contributed by atoms with Gasteiger partial charge in [-0.25, -0.2) is 4.39 Å². The van der Waals surface area contributed by atoms with E-state index in [-0.39, 0.29) is 55.1 Å². The van der Waals surface area contributed by atoms with Crippen LogP contribution in [0.4, 0.5) is 4.39 Å². The molecule has 224 valence electrons. The number of benzene rings is 4. The molecule has 44 heavy (non-hydrogen) atoms. The molecule has 3 N–H and O–H groups in total. The first-order chi connectivity index (χ1) is 21.5. The fraction of sp³-hybridized carbons (Fsp3) is 0.167. The van der Waals surface area contributed by atoms with Gasteiger partial charge in [0.1, 0.15) is 24.6 Å². The lowest BCUT2D eigenvalue weighted by molar-refractivity contribution is -0.125. The van der Waals surface area contributed by atoms with E-state index in [0.29, 0.717) is 5.56 Å². The van der Waals surface area contributed by atoms with Crippen molar-refractivity contribution in [1.82, 2.24) is 16.0 Å². The summed E-state index contributed by atoms with van der Waals surface area (Å²) in [6.45, 7) is 0.465. The van der Waals surface area contributed by atoms with E-state index >= 15 is 0 Å². The van der Waals surface area contributed by atoms with Crippen LogP contribution in [0.25, 0.3) is 0 Å². The molecular weight excluding hydrogens is 557 g/mol. The molecule has 0 fully saturated rings. The van der Waals surface area contributed by atoms with Crippen LogP contribution in [0.15, 0.2) is 139 Å². The van der Waals surface area contributed by atoms with Gasteiger partial charge in [-0.3, -0.25) is 9.59 Å². The zero-order valence-electron chi connectivity index (χ0n) is 24.4. The highest BCUT2D eigenvalue weighted by Crippen LogP contribution is 2.31. The standard InChI is InChI=1S/C36H34FN3O4/c1-38-35(42)36(21-26-11-5-2-6-12-26)22-31(33(41)39-23-27-17-19-30(37)20-18-27)32(43-24-28-13-7-3-8-14-28)34(40-36)44-25-29-15-9-4-10-16-29/h2-20,22,40H,21,23-25H2,1H3,(H,38,42)(H,39,41). The highest BCUT2D eigenvalue weighted by atomic mass is 19.1. The van der Waals surface area contributed by atoms with Crippen LogP contribution in [0.2, 0.25) is 0 Å². The van der Waals surface area contributed by atoms with Gasteiger partial charge in [0.05, 0.1) is 5.57 Å². The Morgan fingerprint density at radius 1 is 0.727 bits per heavy atom. The minimum atomic E-state index is -1.38. The predicted octanol–water partition coefficient (Wildman–Crippen LogP) is 5.30. The SMILES string of the molecule is CNC(=O)C1(Cc2ccccc2)C=C(C(=O)NCc2ccc(F)cc2)C(OCc2ccccc2)=C(OCc2ccccc2)N1. The fourth-order valence-corrected chi connectivity index (χ4v) is 4.92. The van der Waals surface area contributed by atoms with Crippen LogP contribution in [0.3, 0.4) is 0 Å². The molecule has 1 aliphatic rings. The summed E-state index contributed by atoms with van der Waals surface area (Å²) in [5, 5.41) is 8.97. The topological polar surface area (TPSA) is 88.7 Å². The molecule has 0 bridgehead atoms. The van der Waals surface area contributed by atoms with Crippen molar-refractivity contribution >= 4 is 11.8 Å². The monoisotopic (exact) mass is 591 g/mol. The summed E-state index contributed by atoms with van der Waals surface area (Å²) in [6, 6.07) is 34.6. The summed E-state index contributed by atoms with van der Waals surface area (Å²) in [6.07, 6.45) is 1.83. The van der Waals surface area contributed by atoms with Gasteiger partial charge in [0.2, 0.25) is 11.8 Å². The van der Waals surface area contributed by atoms with Gasteiger partial charge in [0, 0.05) is 20.0 Å². The Hall–Kier alpha value is -5.37. The number of dihydropyridines is 1. The number of halogens is 1. The van der Waals surface area contributed by atoms with Crippen molar-refractivity contribution in [2.75, 3.05) is 7.05 Å². The summed E-state index contributed by atoms with van der Waals surface area (Å²) in [4.78, 5) is 27.6. The average molecular weight is 592 g/mol. The molecule has 2 amide bonds. The molecule has 1 heterocycles. The van der Waals surface area contributed by atoms with E-state index in [1.165, 1.54) is 12.1 Å². The molecule has 8 heteroatoms. The van der Waals surface area contributed by atoms with Gasteiger partial charge in [-0.2, -0.15) is 0 Å². The predicted molar refractivity (Wildman–Crippen MR) is 166 cm³/mol. The van der Waals surface area contributed by atoms with Crippen molar-refractivity contribution in [3.63, 3.8) is 0 Å². The Kier molecular flexibility index (Phi) is 9.71. The third-order valence-electron chi connectivity index (χ3n) is 7.20. The van der Waals surface area contributed by atoms with Crippen molar-refractivity contribution in [1.29, 1.82) is 0 Å². The minimum Gasteiger partial charge on any atom is -0.483 e. The number of carbonyl (C=O) groups is 2. The zero-order valence-corrected chi connectivity index (χ0v) is 24.4. The zero-order chi connectivity index (χ0) is 30.8. The molecule has 0 aliphatic carbocycles. The third kappa shape index (κ3) is 7.52. The highest BCUT2D eigenvalue weighted by molar-refractivity contribution is 6.00. The van der Waals surface area contributed by atoms with E-state index in [2.05, 4.69) is 16.0 Å². The summed E-state index contributed by atoms with van der Waals surface area (Å²) in [5.41, 5.74) is 2.14. The Morgan fingerprint density at radius 3 is 1.84 bits per heavy atom. The van der Waals surface area contributed by atoms with Crippen molar-refractivity contribution in [2.24, 2.45) is 0 Å². The smallest absolute Gasteiger partial charge is 0.255 e. The molecule has 0 spiro atoms. The maximum absolute atomic E-state index is 13.9. The Bertz CT molecular complexity index is 1620. The summed E-state index contributed by atoms with van der Waals surface area (Å²) in [5.74, 6) is -0.848. The maximum Gasteiger partial charge on any atom is 0.255 e. The second-order valence-electron chi connectivity index (χ2n) is 10.4. The van der Waals surface area contributed by atoms with Crippen LogP contribution >= 0.6 is 0 Å². The lowest BCUT2D eigenvalue weighted by Crippen LogP contribution is -2.58. The van der Waals surface area contributed by atoms with Crippen LogP contribution in [0, 0.1) is 5.82 Å². The third-order valence-corrected chi connectivity index (χ3v) is 7.20. The first-order valence-corrected chi connectivity index (χ1v) is 14.3. The lowest BCUT2D eigenvalue weighted by atomic mass is 9.85. The van der Waals surface area contributed by atoms with Crippen molar-refractivity contribution in [3.8, 4) is 0 Å². The van der Waals surface area contributed by atoms with Crippen molar-refractivity contribution in [3.05, 3.63) is 167 Å². The largest absolute Gasteiger partial charge is 0.483 e. The Morgan fingerprint density at radius 2 is 1.27 bits per heavy atom. The molecule has 7 nitrogen and oxygen atoms in total. The summed E-state index contributed by atoms with van der Waals surface area (Å²) >= 11 is 0. The van der Waals surface area contributed by atoms with Crippen molar-refractivity contribution < 1.29 is 23.5 Å². The van der Waals surface area contributed by atoms with Gasteiger partial charge in [-0.1, -0.05) is 103 Å². The number of rotatable bonds is 12. The highest BCUT2D eigenvalue weighted by Gasteiger charge is 2.44. The van der Waals surface area contributed by atoms with Crippen molar-refractivity contribution in [2.45, 2.75) is 31.7 Å². The number of likely N-dealkylation sites (N-methyl/N-ethyl adjacent to an activating group) is 1. The maximum atomic E-state index is 13.9. The quantitative estimate of drug-likeness (QED) is 0.208. The molecule has 4 aromatic rings. The molecule has 1 unspecified atom stereocenters. The van der Waals surface area contributed by atoms with E-state index < -0.39 is 11.4 Å². The van der Waals surface area contributed by atoms with E-state index in [1.807, 2.05) is 91.0 Å². The first kappa shape index (κ1) is 30.1. The number of hydrogen-bond acceptors (Lipinski definition) is 5. The normalized spacial score (nSPS) is 15.9. The van der Waals surface area contributed by atoms with Gasteiger partial charge in [-0.15, -0.1) is 0 Å². The molecule has 1 aliphatic heterocycles. The Balaban J connectivity index is 1.56. The second-order valence-corrected chi connectivity index (χ2v) is 10.4. The molecule has 0 aromatic heterocycles. The number of ether oxygens (including phenoxy) is 2.